The van der Waals surface area contributed by atoms with Crippen molar-refractivity contribution in [1.29, 1.82) is 0 Å². The lowest BCUT2D eigenvalue weighted by atomic mass is 9.98. The van der Waals surface area contributed by atoms with E-state index >= 15 is 0 Å². The number of rotatable bonds is 3. The van der Waals surface area contributed by atoms with E-state index < -0.39 is 18.7 Å². The second kappa shape index (κ2) is 5.28. The number of nitrogens with zero attached hydrogens (tertiary/aromatic N) is 2. The van der Waals surface area contributed by atoms with Crippen molar-refractivity contribution >= 4 is 28.1 Å². The predicted molar refractivity (Wildman–Crippen MR) is 66.9 cm³/mol. The van der Waals surface area contributed by atoms with E-state index in [0.717, 1.165) is 16.9 Å². The Labute approximate surface area is 111 Å². The third kappa shape index (κ3) is 3.52. The maximum absolute atomic E-state index is 13.5. The largest absolute Gasteiger partial charge is 0.405 e. The minimum Gasteiger partial charge on any atom is -0.364 e. The van der Waals surface area contributed by atoms with Gasteiger partial charge in [-0.3, -0.25) is 4.99 Å². The fourth-order valence-corrected chi connectivity index (χ4v) is 2.55. The van der Waals surface area contributed by atoms with Gasteiger partial charge in [0.25, 0.3) is 0 Å². The zero-order valence-electron chi connectivity index (χ0n) is 9.96. The number of halogens is 4. The quantitative estimate of drug-likeness (QED) is 0.863. The van der Waals surface area contributed by atoms with E-state index in [9.17, 15) is 17.6 Å². The monoisotopic (exact) mass is 293 g/mol. The number of nitrogens with one attached hydrogen (secondary N) is 1. The van der Waals surface area contributed by atoms with Crippen LogP contribution in [0.1, 0.15) is 18.4 Å². The highest BCUT2D eigenvalue weighted by Crippen LogP contribution is 2.34. The zero-order valence-corrected chi connectivity index (χ0v) is 10.8. The summed E-state index contributed by atoms with van der Waals surface area (Å²) >= 11 is 0.871. The van der Waals surface area contributed by atoms with E-state index in [1.54, 1.807) is 12.4 Å². The highest BCUT2D eigenvalue weighted by Gasteiger charge is 2.28. The van der Waals surface area contributed by atoms with Gasteiger partial charge in [-0.15, -0.1) is 0 Å². The molecule has 0 saturated heterocycles. The molecule has 1 aliphatic heterocycles. The summed E-state index contributed by atoms with van der Waals surface area (Å²) in [4.78, 5) is 7.63. The van der Waals surface area contributed by atoms with Gasteiger partial charge in [0.15, 0.2) is 0 Å². The molecule has 19 heavy (non-hydrogen) atoms. The van der Waals surface area contributed by atoms with Crippen LogP contribution < -0.4 is 5.32 Å². The SMILES string of the molecule is CC1CC=NC=C1c1nc(F)c(NCC(F)(F)F)s1. The molecular weight excluding hydrogens is 282 g/mol. The molecule has 0 fully saturated rings. The molecule has 1 aromatic heterocycles. The third-order valence-electron chi connectivity index (χ3n) is 2.59. The van der Waals surface area contributed by atoms with Crippen molar-refractivity contribution in [2.75, 3.05) is 11.9 Å². The summed E-state index contributed by atoms with van der Waals surface area (Å²) in [5.41, 5.74) is 0.742. The Morgan fingerprint density at radius 1 is 1.47 bits per heavy atom. The first-order valence-corrected chi connectivity index (χ1v) is 6.37. The fraction of sp³-hybridized carbons (Fsp3) is 0.455. The molecule has 1 atom stereocenters. The van der Waals surface area contributed by atoms with Crippen LogP contribution in [0, 0.1) is 11.9 Å². The molecule has 2 rings (SSSR count). The average Bonchev–Trinajstić information content (AvgIpc) is 2.68. The molecule has 1 aliphatic rings. The minimum atomic E-state index is -4.39. The number of aliphatic imine (C=N–C) groups is 1. The Bertz CT molecular complexity index is 519. The molecular formula is C11H11F4N3S. The second-order valence-electron chi connectivity index (χ2n) is 4.16. The van der Waals surface area contributed by atoms with E-state index in [4.69, 9.17) is 0 Å². The fourth-order valence-electron chi connectivity index (χ4n) is 1.59. The summed E-state index contributed by atoms with van der Waals surface area (Å²) in [7, 11) is 0. The molecule has 0 radical (unpaired) electrons. The maximum Gasteiger partial charge on any atom is 0.405 e. The van der Waals surface area contributed by atoms with Crippen LogP contribution in [0.5, 0.6) is 0 Å². The average molecular weight is 293 g/mol. The topological polar surface area (TPSA) is 37.3 Å². The van der Waals surface area contributed by atoms with Crippen molar-refractivity contribution in [2.24, 2.45) is 10.9 Å². The summed E-state index contributed by atoms with van der Waals surface area (Å²) in [6.07, 6.45) is -0.377. The molecule has 2 heterocycles. The Balaban J connectivity index is 2.17. The molecule has 0 saturated carbocycles. The molecule has 1 aromatic rings. The Kier molecular flexibility index (Phi) is 3.88. The van der Waals surface area contributed by atoms with Gasteiger partial charge >= 0.3 is 6.18 Å². The molecule has 0 spiro atoms. The van der Waals surface area contributed by atoms with Crippen LogP contribution in [-0.2, 0) is 0 Å². The Hall–Kier alpha value is -1.44. The van der Waals surface area contributed by atoms with Gasteiger partial charge in [-0.1, -0.05) is 18.3 Å². The summed E-state index contributed by atoms with van der Waals surface area (Å²) < 4.78 is 49.7. The van der Waals surface area contributed by atoms with Crippen molar-refractivity contribution in [3.05, 3.63) is 17.2 Å². The lowest BCUT2D eigenvalue weighted by molar-refractivity contribution is -0.115. The van der Waals surface area contributed by atoms with Gasteiger partial charge in [-0.25, -0.2) is 4.98 Å². The van der Waals surface area contributed by atoms with Crippen molar-refractivity contribution in [2.45, 2.75) is 19.5 Å². The number of hydrogen-bond donors (Lipinski definition) is 1. The lowest BCUT2D eigenvalue weighted by Gasteiger charge is -2.13. The molecule has 1 unspecified atom stereocenters. The number of alkyl halides is 3. The van der Waals surface area contributed by atoms with Gasteiger partial charge in [0.2, 0.25) is 5.95 Å². The molecule has 0 aromatic carbocycles. The van der Waals surface area contributed by atoms with Crippen molar-refractivity contribution in [1.82, 2.24) is 4.98 Å². The van der Waals surface area contributed by atoms with Gasteiger partial charge in [-0.2, -0.15) is 17.6 Å². The van der Waals surface area contributed by atoms with Gasteiger partial charge in [0.05, 0.1) is 0 Å². The van der Waals surface area contributed by atoms with Gasteiger partial charge in [-0.05, 0) is 12.3 Å². The molecule has 0 amide bonds. The number of allylic oxidation sites excluding steroid dienone is 1. The standard InChI is InChI=1S/C11H11F4N3S/c1-6-2-3-16-4-7(6)9-18-8(12)10(19-9)17-5-11(13,14)15/h3-4,6,17H,2,5H2,1H3. The van der Waals surface area contributed by atoms with E-state index in [2.05, 4.69) is 9.98 Å². The van der Waals surface area contributed by atoms with Crippen LogP contribution in [0.3, 0.4) is 0 Å². The molecule has 0 bridgehead atoms. The molecule has 1 N–H and O–H groups in total. The van der Waals surface area contributed by atoms with E-state index in [1.165, 1.54) is 0 Å². The van der Waals surface area contributed by atoms with Crippen LogP contribution in [0.15, 0.2) is 11.2 Å². The highest BCUT2D eigenvalue weighted by atomic mass is 32.1. The van der Waals surface area contributed by atoms with Gasteiger partial charge < -0.3 is 5.32 Å². The number of hydrogen-bond acceptors (Lipinski definition) is 4. The number of anilines is 1. The first-order valence-electron chi connectivity index (χ1n) is 5.56. The van der Waals surface area contributed by atoms with Gasteiger partial charge in [0.1, 0.15) is 16.6 Å². The van der Waals surface area contributed by atoms with Crippen molar-refractivity contribution in [3.63, 3.8) is 0 Å². The third-order valence-corrected chi connectivity index (χ3v) is 3.63. The lowest BCUT2D eigenvalue weighted by Crippen LogP contribution is -2.21. The molecule has 0 aliphatic carbocycles. The summed E-state index contributed by atoms with van der Waals surface area (Å²) in [5, 5.41) is 2.19. The maximum atomic E-state index is 13.5. The molecule has 8 heteroatoms. The second-order valence-corrected chi connectivity index (χ2v) is 5.16. The summed E-state index contributed by atoms with van der Waals surface area (Å²) in [6, 6.07) is 0. The van der Waals surface area contributed by atoms with Crippen LogP contribution >= 0.6 is 11.3 Å². The Morgan fingerprint density at radius 3 is 2.84 bits per heavy atom. The summed E-state index contributed by atoms with van der Waals surface area (Å²) in [6.45, 7) is 0.650. The first-order chi connectivity index (χ1) is 8.87. The smallest absolute Gasteiger partial charge is 0.364 e. The highest BCUT2D eigenvalue weighted by molar-refractivity contribution is 7.16. The number of aromatic nitrogens is 1. The number of thiazole rings is 1. The van der Waals surface area contributed by atoms with E-state index in [1.807, 2.05) is 12.2 Å². The zero-order chi connectivity index (χ0) is 14.0. The van der Waals surface area contributed by atoms with Crippen LogP contribution in [0.4, 0.5) is 22.6 Å². The van der Waals surface area contributed by atoms with Crippen LogP contribution in [-0.4, -0.2) is 23.9 Å². The van der Waals surface area contributed by atoms with Crippen LogP contribution in [0.25, 0.3) is 5.57 Å². The van der Waals surface area contributed by atoms with E-state index in [-0.39, 0.29) is 10.9 Å². The van der Waals surface area contributed by atoms with Gasteiger partial charge in [0, 0.05) is 18.0 Å². The first kappa shape index (κ1) is 14.0. The van der Waals surface area contributed by atoms with Crippen molar-refractivity contribution < 1.29 is 17.6 Å². The Morgan fingerprint density at radius 2 is 2.21 bits per heavy atom. The molecule has 3 nitrogen and oxygen atoms in total. The normalized spacial score (nSPS) is 19.4. The van der Waals surface area contributed by atoms with Crippen LogP contribution in [0.2, 0.25) is 0 Å². The predicted octanol–water partition coefficient (Wildman–Crippen LogP) is 3.71. The van der Waals surface area contributed by atoms with Crippen molar-refractivity contribution in [3.8, 4) is 0 Å². The minimum absolute atomic E-state index is 0.124. The van der Waals surface area contributed by atoms with E-state index in [0.29, 0.717) is 11.4 Å². The molecule has 104 valence electrons. The summed E-state index contributed by atoms with van der Waals surface area (Å²) in [5.74, 6) is -0.787.